The van der Waals surface area contributed by atoms with E-state index in [0.717, 1.165) is 12.1 Å². The number of nitrogens with one attached hydrogen (secondary N) is 1. The van der Waals surface area contributed by atoms with Gasteiger partial charge in [-0.2, -0.15) is 5.10 Å². The summed E-state index contributed by atoms with van der Waals surface area (Å²) in [6.45, 7) is 4.65. The monoisotopic (exact) mass is 255 g/mol. The van der Waals surface area contributed by atoms with Gasteiger partial charge in [-0.15, -0.1) is 0 Å². The summed E-state index contributed by atoms with van der Waals surface area (Å²) >= 11 is 0. The molecule has 2 N–H and O–H groups in total. The molecule has 0 bridgehead atoms. The van der Waals surface area contributed by atoms with Gasteiger partial charge in [-0.1, -0.05) is 6.92 Å². The summed E-state index contributed by atoms with van der Waals surface area (Å²) < 4.78 is 6.61. The Labute approximate surface area is 107 Å². The molecule has 1 atom stereocenters. The number of aliphatic hydroxyl groups is 1. The summed E-state index contributed by atoms with van der Waals surface area (Å²) in [7, 11) is 1.78. The average molecular weight is 255 g/mol. The maximum Gasteiger partial charge on any atom is 0.341 e. The van der Waals surface area contributed by atoms with Gasteiger partial charge in [-0.3, -0.25) is 4.68 Å². The Bertz CT molecular complexity index is 386. The number of esters is 1. The van der Waals surface area contributed by atoms with Crippen molar-refractivity contribution in [2.75, 3.05) is 13.2 Å². The zero-order valence-corrected chi connectivity index (χ0v) is 11.1. The van der Waals surface area contributed by atoms with Gasteiger partial charge < -0.3 is 15.2 Å². The molecular weight excluding hydrogens is 234 g/mol. The predicted octanol–water partition coefficient (Wildman–Crippen LogP) is 0.457. The molecule has 0 saturated heterocycles. The van der Waals surface area contributed by atoms with Crippen molar-refractivity contribution in [2.24, 2.45) is 7.05 Å². The summed E-state index contributed by atoms with van der Waals surface area (Å²) in [6.07, 6.45) is 2.33. The van der Waals surface area contributed by atoms with E-state index in [1.54, 1.807) is 18.7 Å². The smallest absolute Gasteiger partial charge is 0.341 e. The van der Waals surface area contributed by atoms with Crippen LogP contribution in [0.5, 0.6) is 0 Å². The fourth-order valence-electron chi connectivity index (χ4n) is 1.63. The van der Waals surface area contributed by atoms with Crippen molar-refractivity contribution in [2.45, 2.75) is 32.9 Å². The second-order valence-corrected chi connectivity index (χ2v) is 4.02. The largest absolute Gasteiger partial charge is 0.462 e. The zero-order chi connectivity index (χ0) is 13.5. The Balaban J connectivity index is 2.75. The molecule has 0 saturated carbocycles. The van der Waals surface area contributed by atoms with Gasteiger partial charge >= 0.3 is 5.97 Å². The third-order valence-corrected chi connectivity index (χ3v) is 2.83. The average Bonchev–Trinajstić information content (AvgIpc) is 2.73. The van der Waals surface area contributed by atoms with Crippen molar-refractivity contribution in [1.29, 1.82) is 0 Å². The fourth-order valence-corrected chi connectivity index (χ4v) is 1.63. The number of carbonyl (C=O) groups is 1. The molecule has 6 nitrogen and oxygen atoms in total. The Kier molecular flexibility index (Phi) is 5.80. The molecule has 0 spiro atoms. The first kappa shape index (κ1) is 14.7. The lowest BCUT2D eigenvalue weighted by atomic mass is 10.2. The van der Waals surface area contributed by atoms with Gasteiger partial charge in [0.15, 0.2) is 0 Å². The van der Waals surface area contributed by atoms with Crippen LogP contribution in [-0.2, 0) is 18.3 Å². The van der Waals surface area contributed by atoms with Crippen molar-refractivity contribution in [3.8, 4) is 0 Å². The molecule has 0 fully saturated rings. The van der Waals surface area contributed by atoms with E-state index >= 15 is 0 Å². The molecule has 0 radical (unpaired) electrons. The number of hydrogen-bond acceptors (Lipinski definition) is 5. The molecule has 6 heteroatoms. The van der Waals surface area contributed by atoms with Gasteiger partial charge in [-0.25, -0.2) is 4.79 Å². The van der Waals surface area contributed by atoms with E-state index in [2.05, 4.69) is 10.4 Å². The van der Waals surface area contributed by atoms with Crippen LogP contribution in [-0.4, -0.2) is 40.1 Å². The van der Waals surface area contributed by atoms with Gasteiger partial charge in [0.05, 0.1) is 25.1 Å². The second-order valence-electron chi connectivity index (χ2n) is 4.02. The summed E-state index contributed by atoms with van der Waals surface area (Å²) in [4.78, 5) is 11.7. The minimum atomic E-state index is -0.362. The number of aromatic nitrogens is 2. The molecule has 0 aliphatic rings. The molecule has 0 aliphatic carbocycles. The number of carbonyl (C=O) groups excluding carboxylic acids is 1. The first-order valence-electron chi connectivity index (χ1n) is 6.16. The molecule has 1 rings (SSSR count). The topological polar surface area (TPSA) is 76.4 Å². The summed E-state index contributed by atoms with van der Waals surface area (Å²) in [5.74, 6) is -0.362. The highest BCUT2D eigenvalue weighted by atomic mass is 16.5. The lowest BCUT2D eigenvalue weighted by Crippen LogP contribution is -2.32. The van der Waals surface area contributed by atoms with Crippen LogP contribution in [0.1, 0.15) is 36.3 Å². The van der Waals surface area contributed by atoms with Gasteiger partial charge in [0.2, 0.25) is 0 Å². The van der Waals surface area contributed by atoms with Crippen LogP contribution < -0.4 is 5.32 Å². The minimum Gasteiger partial charge on any atom is -0.462 e. The third-order valence-electron chi connectivity index (χ3n) is 2.83. The Morgan fingerprint density at radius 2 is 2.33 bits per heavy atom. The predicted molar refractivity (Wildman–Crippen MR) is 67.2 cm³/mol. The maximum absolute atomic E-state index is 11.7. The SMILES string of the molecule is CCOC(=O)c1cnn(C)c1CNC(CC)CO. The van der Waals surface area contributed by atoms with Gasteiger partial charge in [-0.05, 0) is 13.3 Å². The number of nitrogens with zero attached hydrogens (tertiary/aromatic N) is 2. The number of aryl methyl sites for hydroxylation is 1. The standard InChI is InChI=1S/C12H21N3O3/c1-4-9(8-16)13-7-11-10(6-14-15(11)3)12(17)18-5-2/h6,9,13,16H,4-5,7-8H2,1-3H3. The Hall–Kier alpha value is -1.40. The normalized spacial score (nSPS) is 12.4. The van der Waals surface area contributed by atoms with Gasteiger partial charge in [0.25, 0.3) is 0 Å². The Morgan fingerprint density at radius 1 is 1.61 bits per heavy atom. The lowest BCUT2D eigenvalue weighted by Gasteiger charge is -2.14. The molecule has 18 heavy (non-hydrogen) atoms. The third kappa shape index (κ3) is 3.54. The highest BCUT2D eigenvalue weighted by Crippen LogP contribution is 2.09. The van der Waals surface area contributed by atoms with Crippen LogP contribution in [0.3, 0.4) is 0 Å². The van der Waals surface area contributed by atoms with Crippen LogP contribution in [0.15, 0.2) is 6.20 Å². The molecule has 0 aromatic carbocycles. The van der Waals surface area contributed by atoms with Crippen LogP contribution in [0, 0.1) is 0 Å². The number of ether oxygens (including phenoxy) is 1. The molecule has 102 valence electrons. The molecular formula is C12H21N3O3. The molecule has 0 aliphatic heterocycles. The van der Waals surface area contributed by atoms with E-state index < -0.39 is 0 Å². The molecule has 0 amide bonds. The summed E-state index contributed by atoms with van der Waals surface area (Å²) in [5.41, 5.74) is 1.24. The van der Waals surface area contributed by atoms with Crippen molar-refractivity contribution in [1.82, 2.24) is 15.1 Å². The first-order valence-corrected chi connectivity index (χ1v) is 6.16. The quantitative estimate of drug-likeness (QED) is 0.692. The second kappa shape index (κ2) is 7.13. The fraction of sp³-hybridized carbons (Fsp3) is 0.667. The van der Waals surface area contributed by atoms with Gasteiger partial charge in [0, 0.05) is 19.6 Å². The molecule has 1 aromatic rings. The van der Waals surface area contributed by atoms with E-state index in [0.29, 0.717) is 18.7 Å². The highest BCUT2D eigenvalue weighted by molar-refractivity contribution is 5.90. The van der Waals surface area contributed by atoms with Crippen LogP contribution in [0.4, 0.5) is 0 Å². The van der Waals surface area contributed by atoms with E-state index in [1.165, 1.54) is 6.20 Å². The summed E-state index contributed by atoms with van der Waals surface area (Å²) in [5, 5.41) is 16.4. The minimum absolute atomic E-state index is 0.0231. The van der Waals surface area contributed by atoms with Crippen molar-refractivity contribution >= 4 is 5.97 Å². The lowest BCUT2D eigenvalue weighted by molar-refractivity contribution is 0.0524. The zero-order valence-electron chi connectivity index (χ0n) is 11.1. The highest BCUT2D eigenvalue weighted by Gasteiger charge is 2.17. The number of rotatable bonds is 7. The van der Waals surface area contributed by atoms with Crippen LogP contribution in [0.2, 0.25) is 0 Å². The molecule has 1 unspecified atom stereocenters. The number of hydrogen-bond donors (Lipinski definition) is 2. The summed E-state index contributed by atoms with van der Waals surface area (Å²) in [6, 6.07) is 0.0231. The van der Waals surface area contributed by atoms with Crippen molar-refractivity contribution < 1.29 is 14.6 Å². The first-order chi connectivity index (χ1) is 8.63. The van der Waals surface area contributed by atoms with Crippen LogP contribution in [0.25, 0.3) is 0 Å². The van der Waals surface area contributed by atoms with Gasteiger partial charge in [0.1, 0.15) is 5.56 Å². The Morgan fingerprint density at radius 3 is 2.89 bits per heavy atom. The molecule has 1 aromatic heterocycles. The molecule has 1 heterocycles. The van der Waals surface area contributed by atoms with E-state index in [-0.39, 0.29) is 18.6 Å². The van der Waals surface area contributed by atoms with E-state index in [1.807, 2.05) is 6.92 Å². The van der Waals surface area contributed by atoms with Crippen molar-refractivity contribution in [3.05, 3.63) is 17.5 Å². The van der Waals surface area contributed by atoms with E-state index in [9.17, 15) is 4.79 Å². The van der Waals surface area contributed by atoms with E-state index in [4.69, 9.17) is 9.84 Å². The van der Waals surface area contributed by atoms with Crippen LogP contribution >= 0.6 is 0 Å². The number of aliphatic hydroxyl groups excluding tert-OH is 1. The van der Waals surface area contributed by atoms with Crippen molar-refractivity contribution in [3.63, 3.8) is 0 Å². The maximum atomic E-state index is 11.7.